The smallest absolute Gasteiger partial charge is 0.269 e. The molecule has 0 heterocycles. The number of amides is 3. The average molecular weight is 412 g/mol. The summed E-state index contributed by atoms with van der Waals surface area (Å²) in [5.74, 6) is -0.224. The minimum Gasteiger partial charge on any atom is -0.493 e. The van der Waals surface area contributed by atoms with Crippen molar-refractivity contribution in [3.05, 3.63) is 59.2 Å². The van der Waals surface area contributed by atoms with Crippen molar-refractivity contribution < 1.29 is 19.1 Å². The van der Waals surface area contributed by atoms with E-state index in [-0.39, 0.29) is 18.7 Å². The zero-order chi connectivity index (χ0) is 22.1. The van der Waals surface area contributed by atoms with E-state index in [4.69, 9.17) is 4.74 Å². The second-order valence-electron chi connectivity index (χ2n) is 7.58. The fourth-order valence-corrected chi connectivity index (χ4v) is 2.52. The highest BCUT2D eigenvalue weighted by atomic mass is 16.5. The number of carbonyl (C=O) groups is 3. The molecule has 0 atom stereocenters. The maximum absolute atomic E-state index is 12.2. The number of nitrogens with one attached hydrogen (secondary N) is 3. The van der Waals surface area contributed by atoms with Crippen LogP contribution in [0.4, 0.5) is 5.69 Å². The van der Waals surface area contributed by atoms with E-state index in [1.807, 2.05) is 45.9 Å². The Morgan fingerprint density at radius 2 is 1.63 bits per heavy atom. The molecular formula is C23H29N3O4. The largest absolute Gasteiger partial charge is 0.493 e. The van der Waals surface area contributed by atoms with Gasteiger partial charge >= 0.3 is 0 Å². The van der Waals surface area contributed by atoms with Crippen LogP contribution in [0.2, 0.25) is 0 Å². The van der Waals surface area contributed by atoms with Gasteiger partial charge in [0.2, 0.25) is 11.8 Å². The Bertz CT molecular complexity index is 909. The number of benzene rings is 2. The molecule has 3 amide bonds. The van der Waals surface area contributed by atoms with Crippen LogP contribution in [0.15, 0.2) is 42.5 Å². The molecule has 2 aromatic rings. The van der Waals surface area contributed by atoms with Gasteiger partial charge in [-0.05, 0) is 61.2 Å². The molecule has 0 aromatic heterocycles. The summed E-state index contributed by atoms with van der Waals surface area (Å²) in [6, 6.07) is 12.3. The van der Waals surface area contributed by atoms with Gasteiger partial charge in [0.25, 0.3) is 5.91 Å². The molecule has 3 N–H and O–H groups in total. The van der Waals surface area contributed by atoms with Crippen LogP contribution < -0.4 is 20.9 Å². The normalized spacial score (nSPS) is 10.4. The van der Waals surface area contributed by atoms with Gasteiger partial charge in [0.05, 0.1) is 6.61 Å². The lowest BCUT2D eigenvalue weighted by Gasteiger charge is -2.11. The van der Waals surface area contributed by atoms with Crippen LogP contribution in [0.3, 0.4) is 0 Å². The van der Waals surface area contributed by atoms with Crippen molar-refractivity contribution in [1.82, 2.24) is 10.9 Å². The minimum atomic E-state index is -0.460. The summed E-state index contributed by atoms with van der Waals surface area (Å²) in [5, 5.41) is 2.76. The lowest BCUT2D eigenvalue weighted by Crippen LogP contribution is -2.41. The third kappa shape index (κ3) is 7.58. The molecule has 0 saturated carbocycles. The van der Waals surface area contributed by atoms with Crippen LogP contribution in [0.25, 0.3) is 0 Å². The summed E-state index contributed by atoms with van der Waals surface area (Å²) in [7, 11) is 0. The Balaban J connectivity index is 1.76. The molecule has 0 aliphatic rings. The zero-order valence-corrected chi connectivity index (χ0v) is 17.9. The SMILES string of the molecule is Cc1ccc(NC(=O)CCC(=O)NNC(=O)c2cccc(OCC(C)C)c2)cc1C. The van der Waals surface area contributed by atoms with Crippen LogP contribution in [0.1, 0.15) is 48.2 Å². The fraction of sp³-hybridized carbons (Fsp3) is 0.348. The van der Waals surface area contributed by atoms with E-state index >= 15 is 0 Å². The molecule has 0 spiro atoms. The minimum absolute atomic E-state index is 0.00710. The number of ether oxygens (including phenoxy) is 1. The molecule has 0 bridgehead atoms. The van der Waals surface area contributed by atoms with E-state index in [9.17, 15) is 14.4 Å². The van der Waals surface area contributed by atoms with Gasteiger partial charge in [0.1, 0.15) is 5.75 Å². The van der Waals surface area contributed by atoms with Gasteiger partial charge in [-0.2, -0.15) is 0 Å². The topological polar surface area (TPSA) is 96.5 Å². The Morgan fingerprint density at radius 1 is 0.900 bits per heavy atom. The summed E-state index contributed by atoms with van der Waals surface area (Å²) in [4.78, 5) is 36.2. The van der Waals surface area contributed by atoms with E-state index < -0.39 is 11.8 Å². The number of anilines is 1. The number of hydrogen-bond acceptors (Lipinski definition) is 4. The van der Waals surface area contributed by atoms with Crippen LogP contribution in [0, 0.1) is 19.8 Å². The Kier molecular flexibility index (Phi) is 8.41. The molecule has 2 aromatic carbocycles. The Labute approximate surface area is 177 Å². The summed E-state index contributed by atoms with van der Waals surface area (Å²) >= 11 is 0. The summed E-state index contributed by atoms with van der Waals surface area (Å²) in [5.41, 5.74) is 7.95. The predicted molar refractivity (Wildman–Crippen MR) is 116 cm³/mol. The van der Waals surface area contributed by atoms with Crippen LogP contribution >= 0.6 is 0 Å². The molecule has 160 valence electrons. The highest BCUT2D eigenvalue weighted by Crippen LogP contribution is 2.15. The number of aryl methyl sites for hydroxylation is 2. The monoisotopic (exact) mass is 411 g/mol. The lowest BCUT2D eigenvalue weighted by molar-refractivity contribution is -0.124. The summed E-state index contributed by atoms with van der Waals surface area (Å²) in [6.45, 7) is 8.58. The maximum Gasteiger partial charge on any atom is 0.269 e. The number of hydrogen-bond donors (Lipinski definition) is 3. The first kappa shape index (κ1) is 22.9. The number of carbonyl (C=O) groups excluding carboxylic acids is 3. The summed E-state index contributed by atoms with van der Waals surface area (Å²) < 4.78 is 5.60. The van der Waals surface area contributed by atoms with Gasteiger partial charge in [-0.15, -0.1) is 0 Å². The van der Waals surface area contributed by atoms with Gasteiger partial charge in [0.15, 0.2) is 0 Å². The lowest BCUT2D eigenvalue weighted by atomic mass is 10.1. The maximum atomic E-state index is 12.2. The number of rotatable bonds is 8. The van der Waals surface area contributed by atoms with Crippen LogP contribution in [-0.4, -0.2) is 24.3 Å². The summed E-state index contributed by atoms with van der Waals surface area (Å²) in [6.07, 6.45) is -0.0400. The van der Waals surface area contributed by atoms with E-state index in [0.717, 1.165) is 11.1 Å². The predicted octanol–water partition coefficient (Wildman–Crippen LogP) is 3.52. The molecule has 0 aliphatic carbocycles. The Morgan fingerprint density at radius 3 is 2.33 bits per heavy atom. The van der Waals surface area contributed by atoms with Crippen LogP contribution in [0.5, 0.6) is 5.75 Å². The Hall–Kier alpha value is -3.35. The first-order valence-electron chi connectivity index (χ1n) is 9.93. The molecule has 0 fully saturated rings. The first-order chi connectivity index (χ1) is 14.2. The van der Waals surface area contributed by atoms with Crippen LogP contribution in [-0.2, 0) is 9.59 Å². The average Bonchev–Trinajstić information content (AvgIpc) is 2.72. The highest BCUT2D eigenvalue weighted by molar-refractivity contribution is 5.96. The fourth-order valence-electron chi connectivity index (χ4n) is 2.52. The first-order valence-corrected chi connectivity index (χ1v) is 9.93. The third-order valence-corrected chi connectivity index (χ3v) is 4.36. The second kappa shape index (κ2) is 11.0. The molecule has 7 heteroatoms. The highest BCUT2D eigenvalue weighted by Gasteiger charge is 2.11. The van der Waals surface area contributed by atoms with E-state index in [2.05, 4.69) is 16.2 Å². The van der Waals surface area contributed by atoms with Gasteiger partial charge in [-0.1, -0.05) is 26.0 Å². The van der Waals surface area contributed by atoms with Crippen molar-refractivity contribution in [3.8, 4) is 5.75 Å². The quantitative estimate of drug-likeness (QED) is 0.579. The van der Waals surface area contributed by atoms with E-state index in [1.165, 1.54) is 0 Å². The standard InChI is InChI=1S/C23H29N3O4/c1-15(2)14-30-20-7-5-6-18(13-20)23(29)26-25-22(28)11-10-21(27)24-19-9-8-16(3)17(4)12-19/h5-9,12-13,15H,10-11,14H2,1-4H3,(H,24,27)(H,25,28)(H,26,29). The molecular weight excluding hydrogens is 382 g/mol. The van der Waals surface area contributed by atoms with Crippen molar-refractivity contribution in [2.24, 2.45) is 5.92 Å². The van der Waals surface area contributed by atoms with E-state index in [1.54, 1.807) is 24.3 Å². The third-order valence-electron chi connectivity index (χ3n) is 4.36. The molecule has 0 aliphatic heterocycles. The molecule has 0 saturated heterocycles. The zero-order valence-electron chi connectivity index (χ0n) is 17.9. The molecule has 0 unspecified atom stereocenters. The van der Waals surface area contributed by atoms with Crippen molar-refractivity contribution in [3.63, 3.8) is 0 Å². The van der Waals surface area contributed by atoms with Crippen molar-refractivity contribution in [2.75, 3.05) is 11.9 Å². The second-order valence-corrected chi connectivity index (χ2v) is 7.58. The van der Waals surface area contributed by atoms with Gasteiger partial charge in [-0.3, -0.25) is 25.2 Å². The van der Waals surface area contributed by atoms with Gasteiger partial charge in [-0.25, -0.2) is 0 Å². The number of hydrazine groups is 1. The van der Waals surface area contributed by atoms with E-state index in [0.29, 0.717) is 29.5 Å². The van der Waals surface area contributed by atoms with Crippen molar-refractivity contribution >= 4 is 23.4 Å². The molecule has 7 nitrogen and oxygen atoms in total. The van der Waals surface area contributed by atoms with Crippen molar-refractivity contribution in [1.29, 1.82) is 0 Å². The molecule has 2 rings (SSSR count). The van der Waals surface area contributed by atoms with Gasteiger partial charge in [0, 0.05) is 24.1 Å². The van der Waals surface area contributed by atoms with Gasteiger partial charge < -0.3 is 10.1 Å². The molecule has 0 radical (unpaired) electrons. The molecule has 30 heavy (non-hydrogen) atoms. The van der Waals surface area contributed by atoms with Crippen molar-refractivity contribution in [2.45, 2.75) is 40.5 Å².